The molecule has 2 heterocycles. The summed E-state index contributed by atoms with van der Waals surface area (Å²) in [6, 6.07) is -0.482. The lowest BCUT2D eigenvalue weighted by Gasteiger charge is -2.27. The molecule has 1 unspecified atom stereocenters. The average Bonchev–Trinajstić information content (AvgIpc) is 2.92. The van der Waals surface area contributed by atoms with Gasteiger partial charge in [0.05, 0.1) is 17.2 Å². The van der Waals surface area contributed by atoms with E-state index in [4.69, 9.17) is 4.52 Å². The van der Waals surface area contributed by atoms with E-state index in [9.17, 15) is 13.2 Å². The third-order valence-corrected chi connectivity index (χ3v) is 5.60. The third-order valence-electron chi connectivity index (χ3n) is 3.85. The Labute approximate surface area is 124 Å². The maximum absolute atomic E-state index is 12.3. The van der Waals surface area contributed by atoms with Crippen LogP contribution in [0.1, 0.15) is 30.4 Å². The number of amides is 2. The van der Waals surface area contributed by atoms with E-state index in [1.54, 1.807) is 11.8 Å². The molecule has 0 aliphatic carbocycles. The second kappa shape index (κ2) is 6.05. The number of hydrogen-bond acceptors (Lipinski definition) is 5. The maximum Gasteiger partial charge on any atom is 0.317 e. The fraction of sp³-hybridized carbons (Fsp3) is 0.692. The number of carbonyl (C=O) groups is 1. The zero-order valence-corrected chi connectivity index (χ0v) is 13.4. The molecule has 8 heteroatoms. The van der Waals surface area contributed by atoms with E-state index in [2.05, 4.69) is 10.5 Å². The lowest BCUT2D eigenvalue weighted by molar-refractivity contribution is 0.183. The van der Waals surface area contributed by atoms with Crippen molar-refractivity contribution in [3.63, 3.8) is 0 Å². The van der Waals surface area contributed by atoms with Crippen LogP contribution >= 0.6 is 0 Å². The average molecular weight is 315 g/mol. The van der Waals surface area contributed by atoms with Gasteiger partial charge in [0.2, 0.25) is 0 Å². The molecule has 1 aliphatic rings. The van der Waals surface area contributed by atoms with E-state index < -0.39 is 9.84 Å². The molecule has 1 fully saturated rings. The first-order valence-corrected chi connectivity index (χ1v) is 8.83. The number of urea groups is 1. The highest BCUT2D eigenvalue weighted by Gasteiger charge is 2.33. The molecule has 1 N–H and O–H groups in total. The zero-order valence-electron chi connectivity index (χ0n) is 12.5. The van der Waals surface area contributed by atoms with Crippen LogP contribution in [0.3, 0.4) is 0 Å². The first kappa shape index (κ1) is 15.8. The summed E-state index contributed by atoms with van der Waals surface area (Å²) < 4.78 is 28.1. The van der Waals surface area contributed by atoms with Crippen LogP contribution in [0.15, 0.2) is 4.52 Å². The van der Waals surface area contributed by atoms with Gasteiger partial charge in [-0.05, 0) is 27.2 Å². The maximum atomic E-state index is 12.3. The van der Waals surface area contributed by atoms with Crippen LogP contribution in [0.25, 0.3) is 0 Å². The summed E-state index contributed by atoms with van der Waals surface area (Å²) >= 11 is 0. The SMILES string of the molecule is CCN(C(=O)NCc1c(C)noc1C)C1CCS(=O)(=O)C1. The smallest absolute Gasteiger partial charge is 0.317 e. The van der Waals surface area contributed by atoms with E-state index in [0.717, 1.165) is 11.3 Å². The van der Waals surface area contributed by atoms with Crippen LogP contribution in [0.4, 0.5) is 4.79 Å². The van der Waals surface area contributed by atoms with E-state index in [1.807, 2.05) is 13.8 Å². The Morgan fingerprint density at radius 2 is 2.19 bits per heavy atom. The van der Waals surface area contributed by atoms with E-state index in [1.165, 1.54) is 0 Å². The summed E-state index contributed by atoms with van der Waals surface area (Å²) in [4.78, 5) is 13.8. The number of rotatable bonds is 4. The minimum atomic E-state index is -3.00. The van der Waals surface area contributed by atoms with Crippen molar-refractivity contribution in [1.82, 2.24) is 15.4 Å². The number of nitrogens with zero attached hydrogens (tertiary/aromatic N) is 2. The van der Waals surface area contributed by atoms with Crippen molar-refractivity contribution in [1.29, 1.82) is 0 Å². The lowest BCUT2D eigenvalue weighted by atomic mass is 10.2. The summed E-state index contributed by atoms with van der Waals surface area (Å²) in [5.41, 5.74) is 1.61. The van der Waals surface area contributed by atoms with Gasteiger partial charge in [-0.2, -0.15) is 0 Å². The van der Waals surface area contributed by atoms with Crippen molar-refractivity contribution in [3.05, 3.63) is 17.0 Å². The molecule has 1 aliphatic heterocycles. The van der Waals surface area contributed by atoms with E-state index in [-0.39, 0.29) is 23.6 Å². The highest BCUT2D eigenvalue weighted by atomic mass is 32.2. The fourth-order valence-corrected chi connectivity index (χ4v) is 4.34. The fourth-order valence-electron chi connectivity index (χ4n) is 2.61. The molecule has 1 aromatic rings. The number of nitrogens with one attached hydrogen (secondary N) is 1. The largest absolute Gasteiger partial charge is 0.361 e. The molecular formula is C13H21N3O4S. The Bertz CT molecular complexity index is 604. The topological polar surface area (TPSA) is 92.5 Å². The van der Waals surface area contributed by atoms with Crippen LogP contribution in [0.2, 0.25) is 0 Å². The third kappa shape index (κ3) is 3.55. The molecule has 0 radical (unpaired) electrons. The van der Waals surface area contributed by atoms with Gasteiger partial charge in [0.1, 0.15) is 5.76 Å². The van der Waals surface area contributed by atoms with Crippen LogP contribution in [0.5, 0.6) is 0 Å². The Hall–Kier alpha value is -1.57. The minimum absolute atomic E-state index is 0.0551. The second-order valence-corrected chi connectivity index (χ2v) is 7.53. The molecule has 0 aromatic carbocycles. The summed E-state index contributed by atoms with van der Waals surface area (Å²) in [5.74, 6) is 0.893. The van der Waals surface area contributed by atoms with E-state index in [0.29, 0.717) is 25.3 Å². The quantitative estimate of drug-likeness (QED) is 0.895. The molecule has 21 heavy (non-hydrogen) atoms. The molecule has 7 nitrogen and oxygen atoms in total. The number of hydrogen-bond donors (Lipinski definition) is 1. The number of sulfone groups is 1. The van der Waals surface area contributed by atoms with Gasteiger partial charge in [0, 0.05) is 24.7 Å². The van der Waals surface area contributed by atoms with Crippen molar-refractivity contribution in [2.75, 3.05) is 18.1 Å². The molecule has 2 amide bonds. The second-order valence-electron chi connectivity index (χ2n) is 5.30. The van der Waals surface area contributed by atoms with Crippen molar-refractivity contribution in [2.45, 2.75) is 39.8 Å². The van der Waals surface area contributed by atoms with Crippen LogP contribution < -0.4 is 5.32 Å². The summed E-state index contributed by atoms with van der Waals surface area (Å²) in [5, 5.41) is 6.65. The molecular weight excluding hydrogens is 294 g/mol. The van der Waals surface area contributed by atoms with Crippen molar-refractivity contribution in [3.8, 4) is 0 Å². The molecule has 2 rings (SSSR count). The lowest BCUT2D eigenvalue weighted by Crippen LogP contribution is -2.46. The summed E-state index contributed by atoms with van der Waals surface area (Å²) in [6.07, 6.45) is 0.509. The van der Waals surface area contributed by atoms with Gasteiger partial charge in [-0.3, -0.25) is 0 Å². The Morgan fingerprint density at radius 3 is 2.67 bits per heavy atom. The van der Waals surface area contributed by atoms with Gasteiger partial charge in [-0.15, -0.1) is 0 Å². The van der Waals surface area contributed by atoms with Gasteiger partial charge in [-0.1, -0.05) is 5.16 Å². The molecule has 0 bridgehead atoms. The molecule has 1 atom stereocenters. The first-order valence-electron chi connectivity index (χ1n) is 7.00. The highest BCUT2D eigenvalue weighted by molar-refractivity contribution is 7.91. The van der Waals surface area contributed by atoms with Crippen LogP contribution in [-0.4, -0.2) is 48.6 Å². The number of aromatic nitrogens is 1. The summed E-state index contributed by atoms with van der Waals surface area (Å²) in [7, 11) is -3.00. The first-order chi connectivity index (χ1) is 9.84. The molecule has 118 valence electrons. The van der Waals surface area contributed by atoms with Gasteiger partial charge < -0.3 is 14.7 Å². The number of carbonyl (C=O) groups excluding carboxylic acids is 1. The summed E-state index contributed by atoms with van der Waals surface area (Å²) in [6.45, 7) is 6.27. The van der Waals surface area contributed by atoms with Gasteiger partial charge in [0.15, 0.2) is 9.84 Å². The normalized spacial score (nSPS) is 20.4. The monoisotopic (exact) mass is 315 g/mol. The van der Waals surface area contributed by atoms with Gasteiger partial charge in [0.25, 0.3) is 0 Å². The van der Waals surface area contributed by atoms with Crippen molar-refractivity contribution < 1.29 is 17.7 Å². The minimum Gasteiger partial charge on any atom is -0.361 e. The molecule has 0 saturated carbocycles. The van der Waals surface area contributed by atoms with Gasteiger partial charge >= 0.3 is 6.03 Å². The molecule has 0 spiro atoms. The van der Waals surface area contributed by atoms with Crippen molar-refractivity contribution >= 4 is 15.9 Å². The Kier molecular flexibility index (Phi) is 4.55. The van der Waals surface area contributed by atoms with Crippen LogP contribution in [-0.2, 0) is 16.4 Å². The molecule has 1 saturated heterocycles. The number of aryl methyl sites for hydroxylation is 2. The predicted molar refractivity (Wildman–Crippen MR) is 77.7 cm³/mol. The predicted octanol–water partition coefficient (Wildman–Crippen LogP) is 1.01. The highest BCUT2D eigenvalue weighted by Crippen LogP contribution is 2.18. The zero-order chi connectivity index (χ0) is 15.6. The van der Waals surface area contributed by atoms with Gasteiger partial charge in [-0.25, -0.2) is 13.2 Å². The van der Waals surface area contributed by atoms with E-state index >= 15 is 0 Å². The Balaban J connectivity index is 1.98. The molecule has 1 aromatic heterocycles. The Morgan fingerprint density at radius 1 is 1.48 bits per heavy atom. The van der Waals surface area contributed by atoms with Crippen molar-refractivity contribution in [2.24, 2.45) is 0 Å². The standard InChI is InChI=1S/C13H21N3O4S/c1-4-16(11-5-6-21(18,19)8-11)13(17)14-7-12-9(2)15-20-10(12)3/h11H,4-8H2,1-3H3,(H,14,17). The van der Waals surface area contributed by atoms with Crippen LogP contribution in [0, 0.1) is 13.8 Å².